The summed E-state index contributed by atoms with van der Waals surface area (Å²) in [5.74, 6) is 1.99. The number of primary amides is 1. The first kappa shape index (κ1) is 25.6. The highest BCUT2D eigenvalue weighted by atomic mass is 79.9. The van der Waals surface area contributed by atoms with Crippen LogP contribution in [0.15, 0.2) is 27.8 Å². The van der Waals surface area contributed by atoms with Crippen molar-refractivity contribution in [2.45, 2.75) is 65.2 Å². The number of urea groups is 1. The molecule has 186 valence electrons. The number of hydrogen-bond acceptors (Lipinski definition) is 2. The molecule has 3 aliphatic rings. The zero-order chi connectivity index (χ0) is 24.6. The summed E-state index contributed by atoms with van der Waals surface area (Å²) < 4.78 is 1.11. The second kappa shape index (κ2) is 10.6. The average molecular weight is 551 g/mol. The maximum absolute atomic E-state index is 13.1. The Hall–Kier alpha value is -1.53. The van der Waals surface area contributed by atoms with Gasteiger partial charge in [0.05, 0.1) is 0 Å². The van der Waals surface area contributed by atoms with Crippen LogP contribution in [-0.2, 0) is 11.2 Å². The molecule has 3 amide bonds. The number of nitrogens with zero attached hydrogens (tertiary/aromatic N) is 2. The molecule has 4 rings (SSSR count). The van der Waals surface area contributed by atoms with Crippen LogP contribution in [0.1, 0.15) is 69.9 Å². The average Bonchev–Trinajstić information content (AvgIpc) is 2.89. The third-order valence-corrected chi connectivity index (χ3v) is 9.47. The van der Waals surface area contributed by atoms with Gasteiger partial charge in [0.1, 0.15) is 0 Å². The Labute approximate surface area is 217 Å². The van der Waals surface area contributed by atoms with Crippen LogP contribution in [0.4, 0.5) is 4.79 Å². The number of carbonyl (C=O) groups excluding carboxylic acids is 2. The van der Waals surface area contributed by atoms with Crippen molar-refractivity contribution >= 4 is 39.5 Å². The number of rotatable bonds is 3. The molecule has 0 spiro atoms. The standard InChI is InChI=1S/C27H37BrClN3O2/c1-16-12-21-14-22(29)15-23(28)26(21)25(18(3)17(16)2)20-6-10-31(11-7-20)24(33)13-19-4-8-32(9-5-19)27(30)34/h14-16,19-20,25H,4-13H2,1-3H3,(H2,30,34). The van der Waals surface area contributed by atoms with E-state index in [0.29, 0.717) is 43.2 Å². The summed E-state index contributed by atoms with van der Waals surface area (Å²) in [6.45, 7) is 9.89. The fraction of sp³-hybridized carbons (Fsp3) is 0.630. The smallest absolute Gasteiger partial charge is 0.314 e. The topological polar surface area (TPSA) is 66.6 Å². The van der Waals surface area contributed by atoms with Gasteiger partial charge in [0.15, 0.2) is 0 Å². The summed E-state index contributed by atoms with van der Waals surface area (Å²) >= 11 is 10.3. The van der Waals surface area contributed by atoms with E-state index in [-0.39, 0.29) is 11.9 Å². The maximum Gasteiger partial charge on any atom is 0.314 e. The second-order valence-corrected chi connectivity index (χ2v) is 11.9. The van der Waals surface area contributed by atoms with Gasteiger partial charge in [-0.05, 0) is 87.0 Å². The number of allylic oxidation sites excluding steroid dienone is 2. The van der Waals surface area contributed by atoms with Gasteiger partial charge in [-0.2, -0.15) is 0 Å². The van der Waals surface area contributed by atoms with Gasteiger partial charge < -0.3 is 15.5 Å². The highest BCUT2D eigenvalue weighted by molar-refractivity contribution is 9.10. The molecule has 1 aromatic rings. The van der Waals surface area contributed by atoms with Crippen LogP contribution in [0.2, 0.25) is 5.02 Å². The number of amides is 3. The van der Waals surface area contributed by atoms with Crippen LogP contribution < -0.4 is 5.73 Å². The number of carbonyl (C=O) groups is 2. The van der Waals surface area contributed by atoms with Gasteiger partial charge in [0.25, 0.3) is 0 Å². The van der Waals surface area contributed by atoms with Gasteiger partial charge >= 0.3 is 6.03 Å². The predicted molar refractivity (Wildman–Crippen MR) is 141 cm³/mol. The Bertz CT molecular complexity index is 978. The van der Waals surface area contributed by atoms with Crippen molar-refractivity contribution < 1.29 is 9.59 Å². The number of benzene rings is 1. The number of hydrogen-bond donors (Lipinski definition) is 1. The van der Waals surface area contributed by atoms with Crippen LogP contribution in [0.5, 0.6) is 0 Å². The highest BCUT2D eigenvalue weighted by Crippen LogP contribution is 2.47. The lowest BCUT2D eigenvalue weighted by Crippen LogP contribution is -2.44. The van der Waals surface area contributed by atoms with Crippen molar-refractivity contribution in [3.8, 4) is 0 Å². The molecule has 2 atom stereocenters. The zero-order valence-electron chi connectivity index (χ0n) is 20.6. The molecular weight excluding hydrogens is 514 g/mol. The third-order valence-electron chi connectivity index (χ3n) is 8.60. The summed E-state index contributed by atoms with van der Waals surface area (Å²) in [5, 5.41) is 0.788. The lowest BCUT2D eigenvalue weighted by molar-refractivity contribution is -0.134. The van der Waals surface area contributed by atoms with Crippen molar-refractivity contribution in [1.29, 1.82) is 0 Å². The minimum atomic E-state index is -0.352. The molecule has 1 aliphatic carbocycles. The van der Waals surface area contributed by atoms with E-state index in [1.807, 2.05) is 6.07 Å². The molecule has 34 heavy (non-hydrogen) atoms. The van der Waals surface area contributed by atoms with Crippen LogP contribution in [-0.4, -0.2) is 47.9 Å². The molecule has 0 radical (unpaired) electrons. The SMILES string of the molecule is CC1=C(C)C(C2CCN(C(=O)CC3CCN(C(N)=O)CC3)CC2)c2c(Br)cc(Cl)cc2CC1C. The fourth-order valence-corrected chi connectivity index (χ4v) is 7.41. The minimum Gasteiger partial charge on any atom is -0.351 e. The minimum absolute atomic E-state index is 0.266. The first-order valence-electron chi connectivity index (χ1n) is 12.6. The molecular formula is C27H37BrClN3O2. The van der Waals surface area contributed by atoms with Crippen molar-refractivity contribution in [3.63, 3.8) is 0 Å². The number of halogens is 2. The Morgan fingerprint density at radius 2 is 1.65 bits per heavy atom. The van der Waals surface area contributed by atoms with Crippen LogP contribution in [0.3, 0.4) is 0 Å². The van der Waals surface area contributed by atoms with E-state index in [2.05, 4.69) is 47.7 Å². The lowest BCUT2D eigenvalue weighted by atomic mass is 9.74. The van der Waals surface area contributed by atoms with E-state index in [1.165, 1.54) is 22.3 Å². The van der Waals surface area contributed by atoms with Crippen molar-refractivity contribution in [1.82, 2.24) is 9.80 Å². The first-order valence-corrected chi connectivity index (χ1v) is 13.8. The van der Waals surface area contributed by atoms with Crippen LogP contribution in [0.25, 0.3) is 0 Å². The fourth-order valence-electron chi connectivity index (χ4n) is 6.29. The van der Waals surface area contributed by atoms with Gasteiger partial charge in [-0.25, -0.2) is 4.79 Å². The number of likely N-dealkylation sites (tertiary alicyclic amines) is 2. The van der Waals surface area contributed by atoms with E-state index in [9.17, 15) is 9.59 Å². The van der Waals surface area contributed by atoms with Crippen molar-refractivity contribution in [2.75, 3.05) is 26.2 Å². The molecule has 0 aromatic heterocycles. The van der Waals surface area contributed by atoms with E-state index < -0.39 is 0 Å². The van der Waals surface area contributed by atoms with Crippen LogP contribution >= 0.6 is 27.5 Å². The molecule has 2 fully saturated rings. The molecule has 2 N–H and O–H groups in total. The van der Waals surface area contributed by atoms with Gasteiger partial charge in [-0.15, -0.1) is 0 Å². The summed E-state index contributed by atoms with van der Waals surface area (Å²) in [6.07, 6.45) is 5.36. The van der Waals surface area contributed by atoms with E-state index in [1.54, 1.807) is 4.90 Å². The molecule has 2 saturated heterocycles. The van der Waals surface area contributed by atoms with Gasteiger partial charge in [-0.1, -0.05) is 45.6 Å². The summed E-state index contributed by atoms with van der Waals surface area (Å²) in [4.78, 5) is 28.2. The Kier molecular flexibility index (Phi) is 7.98. The predicted octanol–water partition coefficient (Wildman–Crippen LogP) is 6.13. The summed E-state index contributed by atoms with van der Waals surface area (Å²) in [7, 11) is 0. The van der Waals surface area contributed by atoms with Crippen molar-refractivity contribution in [2.24, 2.45) is 23.5 Å². The highest BCUT2D eigenvalue weighted by Gasteiger charge is 2.36. The molecule has 1 aromatic carbocycles. The number of piperidine rings is 2. The molecule has 0 saturated carbocycles. The molecule has 5 nitrogen and oxygen atoms in total. The molecule has 2 unspecified atom stereocenters. The van der Waals surface area contributed by atoms with Crippen molar-refractivity contribution in [3.05, 3.63) is 43.9 Å². The van der Waals surface area contributed by atoms with Crippen LogP contribution in [0, 0.1) is 17.8 Å². The number of fused-ring (bicyclic) bond motifs is 1. The summed E-state index contributed by atoms with van der Waals surface area (Å²) in [6, 6.07) is 3.84. The molecule has 2 heterocycles. The monoisotopic (exact) mass is 549 g/mol. The van der Waals surface area contributed by atoms with E-state index in [0.717, 1.165) is 54.7 Å². The van der Waals surface area contributed by atoms with E-state index in [4.69, 9.17) is 17.3 Å². The normalized spacial score (nSPS) is 24.7. The summed E-state index contributed by atoms with van der Waals surface area (Å²) in [5.41, 5.74) is 11.1. The Balaban J connectivity index is 1.43. The van der Waals surface area contributed by atoms with Gasteiger partial charge in [0, 0.05) is 48.0 Å². The first-order chi connectivity index (χ1) is 16.2. The quantitative estimate of drug-likeness (QED) is 0.460. The Morgan fingerprint density at radius 1 is 1.03 bits per heavy atom. The largest absolute Gasteiger partial charge is 0.351 e. The maximum atomic E-state index is 13.1. The van der Waals surface area contributed by atoms with Gasteiger partial charge in [-0.3, -0.25) is 4.79 Å². The zero-order valence-corrected chi connectivity index (χ0v) is 22.9. The molecule has 2 aliphatic heterocycles. The second-order valence-electron chi connectivity index (χ2n) is 10.6. The third kappa shape index (κ3) is 5.33. The Morgan fingerprint density at radius 3 is 2.26 bits per heavy atom. The molecule has 0 bridgehead atoms. The number of nitrogens with two attached hydrogens (primary N) is 1. The lowest BCUT2D eigenvalue weighted by Gasteiger charge is -2.38. The van der Waals surface area contributed by atoms with Gasteiger partial charge in [0.2, 0.25) is 5.91 Å². The van der Waals surface area contributed by atoms with E-state index >= 15 is 0 Å². The molecule has 7 heteroatoms.